The van der Waals surface area contributed by atoms with Crippen molar-refractivity contribution in [1.29, 1.82) is 0 Å². The van der Waals surface area contributed by atoms with E-state index in [0.29, 0.717) is 23.6 Å². The van der Waals surface area contributed by atoms with Crippen LogP contribution >= 0.6 is 0 Å². The van der Waals surface area contributed by atoms with Gasteiger partial charge in [-0.15, -0.1) is 0 Å². The van der Waals surface area contributed by atoms with Crippen molar-refractivity contribution in [2.75, 3.05) is 18.1 Å². The van der Waals surface area contributed by atoms with Crippen LogP contribution in [0.5, 0.6) is 5.75 Å². The number of fused-ring (bicyclic) bond motifs is 1. The van der Waals surface area contributed by atoms with E-state index in [-0.39, 0.29) is 19.1 Å². The minimum atomic E-state index is -0.656. The zero-order valence-corrected chi connectivity index (χ0v) is 12.2. The van der Waals surface area contributed by atoms with Gasteiger partial charge in [-0.1, -0.05) is 13.0 Å². The molecule has 1 atom stereocenters. The maximum atomic E-state index is 12.2. The molecule has 0 aromatic heterocycles. The molecule has 1 unspecified atom stereocenters. The molecule has 21 heavy (non-hydrogen) atoms. The summed E-state index contributed by atoms with van der Waals surface area (Å²) in [5, 5.41) is 9.21. The molecule has 1 aliphatic rings. The highest BCUT2D eigenvalue weighted by molar-refractivity contribution is 6.03. The van der Waals surface area contributed by atoms with Gasteiger partial charge in [0.1, 0.15) is 12.3 Å². The third kappa shape index (κ3) is 3.33. The fourth-order valence-corrected chi connectivity index (χ4v) is 2.10. The normalized spacial score (nSPS) is 17.2. The first kappa shape index (κ1) is 15.3. The molecule has 0 saturated heterocycles. The van der Waals surface area contributed by atoms with Gasteiger partial charge < -0.3 is 14.6 Å². The summed E-state index contributed by atoms with van der Waals surface area (Å²) in [5.74, 6) is -0.242. The number of rotatable bonds is 5. The maximum absolute atomic E-state index is 12.2. The van der Waals surface area contributed by atoms with Gasteiger partial charge in [0.05, 0.1) is 18.9 Å². The summed E-state index contributed by atoms with van der Waals surface area (Å²) < 4.78 is 10.5. The Morgan fingerprint density at radius 3 is 2.90 bits per heavy atom. The zero-order chi connectivity index (χ0) is 15.4. The highest BCUT2D eigenvalue weighted by Crippen LogP contribution is 2.34. The van der Waals surface area contributed by atoms with Crippen molar-refractivity contribution in [2.24, 2.45) is 0 Å². The first-order valence-electron chi connectivity index (χ1n) is 6.94. The summed E-state index contributed by atoms with van der Waals surface area (Å²) in [7, 11) is 0. The van der Waals surface area contributed by atoms with Crippen molar-refractivity contribution in [3.05, 3.63) is 23.8 Å². The number of amides is 1. The number of aliphatic hydroxyl groups excluding tert-OH is 1. The number of hydrogen-bond acceptors (Lipinski definition) is 5. The van der Waals surface area contributed by atoms with Crippen LogP contribution in [-0.4, -0.2) is 36.2 Å². The first-order valence-corrected chi connectivity index (χ1v) is 6.94. The lowest BCUT2D eigenvalue weighted by Gasteiger charge is -2.32. The number of carbonyl (C=O) groups excluding carboxylic acids is 2. The van der Waals surface area contributed by atoms with Crippen LogP contribution < -0.4 is 9.64 Å². The van der Waals surface area contributed by atoms with E-state index >= 15 is 0 Å². The molecule has 6 heteroatoms. The van der Waals surface area contributed by atoms with Gasteiger partial charge in [0, 0.05) is 0 Å². The second-order valence-electron chi connectivity index (χ2n) is 4.87. The van der Waals surface area contributed by atoms with Crippen LogP contribution in [0.1, 0.15) is 25.8 Å². The van der Waals surface area contributed by atoms with Crippen molar-refractivity contribution in [1.82, 2.24) is 0 Å². The lowest BCUT2D eigenvalue weighted by molar-refractivity contribution is -0.143. The van der Waals surface area contributed by atoms with Crippen molar-refractivity contribution < 1.29 is 24.2 Å². The minimum Gasteiger partial charge on any atom is -0.479 e. The van der Waals surface area contributed by atoms with E-state index in [0.717, 1.165) is 6.42 Å². The molecule has 2 rings (SSSR count). The Balaban J connectivity index is 2.26. The highest BCUT2D eigenvalue weighted by Gasteiger charge is 2.33. The Hall–Kier alpha value is -2.08. The van der Waals surface area contributed by atoms with Gasteiger partial charge in [0.2, 0.25) is 0 Å². The van der Waals surface area contributed by atoms with Crippen LogP contribution in [0.25, 0.3) is 0 Å². The summed E-state index contributed by atoms with van der Waals surface area (Å²) >= 11 is 0. The second kappa shape index (κ2) is 6.58. The molecule has 114 valence electrons. The van der Waals surface area contributed by atoms with Gasteiger partial charge in [-0.3, -0.25) is 14.5 Å². The quantitative estimate of drug-likeness (QED) is 0.827. The van der Waals surface area contributed by atoms with E-state index in [1.165, 1.54) is 4.90 Å². The summed E-state index contributed by atoms with van der Waals surface area (Å²) in [5.41, 5.74) is 1.13. The van der Waals surface area contributed by atoms with E-state index in [2.05, 4.69) is 0 Å². The fourth-order valence-electron chi connectivity index (χ4n) is 2.10. The monoisotopic (exact) mass is 293 g/mol. The fraction of sp³-hybridized carbons (Fsp3) is 0.467. The number of aliphatic hydroxyl groups is 1. The van der Waals surface area contributed by atoms with E-state index in [1.54, 1.807) is 25.1 Å². The Morgan fingerprint density at radius 2 is 2.24 bits per heavy atom. The Morgan fingerprint density at radius 1 is 1.48 bits per heavy atom. The Bertz CT molecular complexity index is 543. The smallest absolute Gasteiger partial charge is 0.326 e. The molecule has 0 radical (unpaired) electrons. The lowest BCUT2D eigenvalue weighted by Crippen LogP contribution is -2.47. The number of hydrogen-bond donors (Lipinski definition) is 1. The van der Waals surface area contributed by atoms with Crippen molar-refractivity contribution in [3.63, 3.8) is 0 Å². The van der Waals surface area contributed by atoms with Crippen molar-refractivity contribution >= 4 is 17.6 Å². The molecule has 1 N–H and O–H groups in total. The summed E-state index contributed by atoms with van der Waals surface area (Å²) in [4.78, 5) is 25.4. The van der Waals surface area contributed by atoms with Gasteiger partial charge in [-0.05, 0) is 31.0 Å². The van der Waals surface area contributed by atoms with Crippen molar-refractivity contribution in [2.45, 2.75) is 33.0 Å². The largest absolute Gasteiger partial charge is 0.479 e. The third-order valence-corrected chi connectivity index (χ3v) is 3.17. The molecular formula is C15H19NO5. The van der Waals surface area contributed by atoms with Gasteiger partial charge >= 0.3 is 5.97 Å². The number of ether oxygens (including phenoxy) is 2. The number of esters is 1. The topological polar surface area (TPSA) is 76.1 Å². The molecule has 1 aliphatic heterocycles. The maximum Gasteiger partial charge on any atom is 0.326 e. The summed E-state index contributed by atoms with van der Waals surface area (Å²) in [6.45, 7) is 3.56. The number of carbonyl (C=O) groups is 2. The molecule has 1 aromatic carbocycles. The number of anilines is 1. The molecule has 0 bridgehead atoms. The second-order valence-corrected chi connectivity index (χ2v) is 4.87. The highest BCUT2D eigenvalue weighted by atomic mass is 16.5. The molecule has 1 heterocycles. The van der Waals surface area contributed by atoms with Crippen LogP contribution in [0.3, 0.4) is 0 Å². The molecule has 0 aliphatic carbocycles. The van der Waals surface area contributed by atoms with Crippen LogP contribution in [0.2, 0.25) is 0 Å². The SMILES string of the molecule is CCCOC(=O)CN1C(=O)C(C)Oc2ccc(CO)cc21. The number of nitrogens with zero attached hydrogens (tertiary/aromatic N) is 1. The van der Waals surface area contributed by atoms with Gasteiger partial charge in [0.25, 0.3) is 5.91 Å². The predicted molar refractivity (Wildman–Crippen MR) is 76.1 cm³/mol. The average Bonchev–Trinajstić information content (AvgIpc) is 2.49. The summed E-state index contributed by atoms with van der Waals surface area (Å²) in [6, 6.07) is 5.05. The zero-order valence-electron chi connectivity index (χ0n) is 12.2. The standard InChI is InChI=1S/C15H19NO5/c1-3-6-20-14(18)8-16-12-7-11(9-17)4-5-13(12)21-10(2)15(16)19/h4-5,7,10,17H,3,6,8-9H2,1-2H3. The molecular weight excluding hydrogens is 274 g/mol. The van der Waals surface area contributed by atoms with E-state index in [9.17, 15) is 14.7 Å². The lowest BCUT2D eigenvalue weighted by atomic mass is 10.1. The Labute approximate surface area is 123 Å². The van der Waals surface area contributed by atoms with Crippen molar-refractivity contribution in [3.8, 4) is 5.75 Å². The Kier molecular flexibility index (Phi) is 4.80. The van der Waals surface area contributed by atoms with E-state index in [1.807, 2.05) is 6.92 Å². The molecule has 1 amide bonds. The average molecular weight is 293 g/mol. The molecule has 0 fully saturated rings. The van der Waals surface area contributed by atoms with Crippen LogP contribution in [0, 0.1) is 0 Å². The number of benzene rings is 1. The molecule has 0 spiro atoms. The molecule has 0 saturated carbocycles. The summed E-state index contributed by atoms with van der Waals surface area (Å²) in [6.07, 6.45) is 0.0706. The van der Waals surface area contributed by atoms with Crippen LogP contribution in [-0.2, 0) is 20.9 Å². The van der Waals surface area contributed by atoms with Gasteiger partial charge in [-0.2, -0.15) is 0 Å². The molecule has 1 aromatic rings. The van der Waals surface area contributed by atoms with Gasteiger partial charge in [-0.25, -0.2) is 0 Å². The predicted octanol–water partition coefficient (Wildman–Crippen LogP) is 1.25. The van der Waals surface area contributed by atoms with E-state index in [4.69, 9.17) is 9.47 Å². The van der Waals surface area contributed by atoms with E-state index < -0.39 is 12.1 Å². The van der Waals surface area contributed by atoms with Crippen LogP contribution in [0.4, 0.5) is 5.69 Å². The first-order chi connectivity index (χ1) is 10.1. The third-order valence-electron chi connectivity index (χ3n) is 3.17. The minimum absolute atomic E-state index is 0.148. The van der Waals surface area contributed by atoms with Crippen LogP contribution in [0.15, 0.2) is 18.2 Å². The van der Waals surface area contributed by atoms with Gasteiger partial charge in [0.15, 0.2) is 6.10 Å². The molecule has 6 nitrogen and oxygen atoms in total.